The van der Waals surface area contributed by atoms with Crippen LogP contribution in [0.2, 0.25) is 0 Å². The normalized spacial score (nSPS) is 15.9. The predicted molar refractivity (Wildman–Crippen MR) is 135 cm³/mol. The lowest BCUT2D eigenvalue weighted by Crippen LogP contribution is -2.36. The number of pyridine rings is 1. The molecule has 188 valence electrons. The van der Waals surface area contributed by atoms with Crippen molar-refractivity contribution in [1.82, 2.24) is 9.97 Å². The fourth-order valence-corrected chi connectivity index (χ4v) is 5.16. The third kappa shape index (κ3) is 4.76. The summed E-state index contributed by atoms with van der Waals surface area (Å²) in [5.41, 5.74) is 3.89. The van der Waals surface area contributed by atoms with Gasteiger partial charge in [-0.2, -0.15) is 13.2 Å². The zero-order valence-corrected chi connectivity index (χ0v) is 20.2. The number of fused-ring (bicyclic) bond motifs is 1. The van der Waals surface area contributed by atoms with E-state index in [2.05, 4.69) is 27.1 Å². The maximum absolute atomic E-state index is 13.8. The smallest absolute Gasteiger partial charge is 0.358 e. The van der Waals surface area contributed by atoms with Crippen LogP contribution in [-0.2, 0) is 6.18 Å². The highest BCUT2D eigenvalue weighted by molar-refractivity contribution is 5.84. The van der Waals surface area contributed by atoms with E-state index in [1.54, 1.807) is 24.4 Å². The zero-order chi connectivity index (χ0) is 25.4. The molecule has 36 heavy (non-hydrogen) atoms. The summed E-state index contributed by atoms with van der Waals surface area (Å²) in [6.07, 6.45) is 0.709. The van der Waals surface area contributed by atoms with Crippen LogP contribution < -0.4 is 10.2 Å². The summed E-state index contributed by atoms with van der Waals surface area (Å²) >= 11 is 0. The number of alkyl halides is 3. The molecule has 8 heteroatoms. The van der Waals surface area contributed by atoms with Crippen LogP contribution in [0.25, 0.3) is 10.9 Å². The zero-order valence-electron chi connectivity index (χ0n) is 20.2. The van der Waals surface area contributed by atoms with E-state index >= 15 is 0 Å². The Morgan fingerprint density at radius 1 is 1.06 bits per heavy atom. The van der Waals surface area contributed by atoms with Crippen molar-refractivity contribution in [3.8, 4) is 0 Å². The van der Waals surface area contributed by atoms with E-state index in [0.717, 1.165) is 59.8 Å². The maximum atomic E-state index is 13.8. The van der Waals surface area contributed by atoms with Crippen LogP contribution in [-0.4, -0.2) is 23.1 Å². The molecule has 0 saturated carbocycles. The van der Waals surface area contributed by atoms with Gasteiger partial charge in [0.25, 0.3) is 0 Å². The van der Waals surface area contributed by atoms with Crippen molar-refractivity contribution in [2.24, 2.45) is 5.92 Å². The average molecular weight is 497 g/mol. The number of hydrogen-bond donors (Lipinski definition) is 2. The number of halogens is 4. The van der Waals surface area contributed by atoms with E-state index in [-0.39, 0.29) is 11.7 Å². The Hall–Kier alpha value is -3.55. The Balaban J connectivity index is 1.25. The van der Waals surface area contributed by atoms with Gasteiger partial charge < -0.3 is 15.2 Å². The second-order valence-electron chi connectivity index (χ2n) is 9.56. The molecule has 0 spiro atoms. The van der Waals surface area contributed by atoms with Crippen LogP contribution in [0.4, 0.5) is 34.8 Å². The first kappa shape index (κ1) is 24.2. The number of nitrogens with zero attached hydrogens (tertiary/aromatic N) is 2. The first-order chi connectivity index (χ1) is 17.2. The molecule has 2 aromatic heterocycles. The van der Waals surface area contributed by atoms with Crippen molar-refractivity contribution in [2.45, 2.75) is 38.8 Å². The molecule has 0 bridgehead atoms. The summed E-state index contributed by atoms with van der Waals surface area (Å²) in [4.78, 5) is 9.86. The molecular formula is C28H28F4N4. The molecular weight excluding hydrogens is 468 g/mol. The van der Waals surface area contributed by atoms with Crippen LogP contribution in [0.3, 0.4) is 0 Å². The largest absolute Gasteiger partial charge is 0.416 e. The number of benzene rings is 2. The molecule has 2 aromatic carbocycles. The fourth-order valence-electron chi connectivity index (χ4n) is 5.16. The first-order valence-electron chi connectivity index (χ1n) is 12.1. The van der Waals surface area contributed by atoms with Crippen LogP contribution in [0, 0.1) is 18.7 Å². The highest BCUT2D eigenvalue weighted by atomic mass is 19.4. The first-order valence-corrected chi connectivity index (χ1v) is 12.1. The summed E-state index contributed by atoms with van der Waals surface area (Å²) in [6.45, 7) is 5.81. The number of aromatic amines is 1. The van der Waals surface area contributed by atoms with Crippen molar-refractivity contribution in [2.75, 3.05) is 23.3 Å². The summed E-state index contributed by atoms with van der Waals surface area (Å²) < 4.78 is 52.4. The van der Waals surface area contributed by atoms with Crippen LogP contribution in [0.5, 0.6) is 0 Å². The van der Waals surface area contributed by atoms with E-state index in [1.807, 2.05) is 25.1 Å². The topological polar surface area (TPSA) is 44.0 Å². The van der Waals surface area contributed by atoms with Gasteiger partial charge in [0, 0.05) is 47.8 Å². The van der Waals surface area contributed by atoms with Gasteiger partial charge >= 0.3 is 6.18 Å². The number of piperidine rings is 1. The van der Waals surface area contributed by atoms with Crippen molar-refractivity contribution in [3.05, 3.63) is 83.4 Å². The van der Waals surface area contributed by atoms with Crippen LogP contribution >= 0.6 is 0 Å². The third-order valence-electron chi connectivity index (χ3n) is 7.40. The van der Waals surface area contributed by atoms with Gasteiger partial charge in [-0.1, -0.05) is 19.1 Å². The molecule has 0 amide bonds. The van der Waals surface area contributed by atoms with Gasteiger partial charge in [0.2, 0.25) is 0 Å². The highest BCUT2D eigenvalue weighted by Crippen LogP contribution is 2.37. The molecule has 4 aromatic rings. The number of nitrogens with one attached hydrogen (secondary N) is 2. The number of anilines is 3. The summed E-state index contributed by atoms with van der Waals surface area (Å²) in [7, 11) is 0. The molecule has 1 aliphatic heterocycles. The van der Waals surface area contributed by atoms with Crippen molar-refractivity contribution in [1.29, 1.82) is 0 Å². The molecule has 0 aliphatic carbocycles. The molecule has 1 unspecified atom stereocenters. The van der Waals surface area contributed by atoms with E-state index in [1.165, 1.54) is 18.3 Å². The van der Waals surface area contributed by atoms with Crippen molar-refractivity contribution >= 4 is 28.1 Å². The number of H-pyrrole nitrogens is 1. The molecule has 4 nitrogen and oxygen atoms in total. The Labute approximate surface area is 207 Å². The van der Waals surface area contributed by atoms with Gasteiger partial charge in [-0.3, -0.25) is 0 Å². The minimum atomic E-state index is -4.31. The fraction of sp³-hybridized carbons (Fsp3) is 0.321. The number of aromatic nitrogens is 2. The molecule has 3 heterocycles. The Morgan fingerprint density at radius 2 is 1.78 bits per heavy atom. The van der Waals surface area contributed by atoms with Gasteiger partial charge in [0.05, 0.1) is 11.1 Å². The predicted octanol–water partition coefficient (Wildman–Crippen LogP) is 7.79. The van der Waals surface area contributed by atoms with Gasteiger partial charge in [-0.25, -0.2) is 9.37 Å². The Kier molecular flexibility index (Phi) is 6.36. The van der Waals surface area contributed by atoms with Gasteiger partial charge in [0.15, 0.2) is 0 Å². The van der Waals surface area contributed by atoms with Gasteiger partial charge in [-0.05, 0) is 73.6 Å². The quantitative estimate of drug-likeness (QED) is 0.277. The third-order valence-corrected chi connectivity index (χ3v) is 7.40. The van der Waals surface area contributed by atoms with E-state index < -0.39 is 11.7 Å². The summed E-state index contributed by atoms with van der Waals surface area (Å²) in [5.74, 6) is 1.24. The second-order valence-corrected chi connectivity index (χ2v) is 9.56. The lowest BCUT2D eigenvalue weighted by atomic mass is 9.81. The molecule has 1 atom stereocenters. The second kappa shape index (κ2) is 9.48. The molecule has 5 rings (SSSR count). The summed E-state index contributed by atoms with van der Waals surface area (Å²) in [5, 5.41) is 3.98. The summed E-state index contributed by atoms with van der Waals surface area (Å²) in [6, 6.07) is 13.0. The Bertz CT molecular complexity index is 1350. The molecule has 2 N–H and O–H groups in total. The molecule has 1 saturated heterocycles. The average Bonchev–Trinajstić information content (AvgIpc) is 3.24. The van der Waals surface area contributed by atoms with Crippen LogP contribution in [0.15, 0.2) is 60.9 Å². The van der Waals surface area contributed by atoms with Gasteiger partial charge in [0.1, 0.15) is 11.6 Å². The molecule has 1 fully saturated rings. The van der Waals surface area contributed by atoms with Crippen molar-refractivity contribution in [3.63, 3.8) is 0 Å². The van der Waals surface area contributed by atoms with Gasteiger partial charge in [-0.15, -0.1) is 0 Å². The highest BCUT2D eigenvalue weighted by Gasteiger charge is 2.31. The van der Waals surface area contributed by atoms with Crippen molar-refractivity contribution < 1.29 is 17.6 Å². The monoisotopic (exact) mass is 496 g/mol. The number of rotatable bonds is 5. The minimum Gasteiger partial charge on any atom is -0.358 e. The van der Waals surface area contributed by atoms with E-state index in [4.69, 9.17) is 0 Å². The number of hydrogen-bond acceptors (Lipinski definition) is 3. The minimum absolute atomic E-state index is 0.184. The SMILES string of the molecule is Cc1c(Nc2ccc3c(F)c[nH]c3c2)ccnc1N1CCC(C(C)c2ccc(C(F)(F)F)cc2)CC1. The standard InChI is InChI=1S/C28H28F4N4/c1-17(19-3-5-21(6-4-19)28(30,31)32)20-10-13-36(14-11-20)27-18(2)25(9-12-33-27)35-22-7-8-23-24(29)16-34-26(23)15-22/h3-9,12,15-17,20,34H,10-11,13-14H2,1-2H3,(H,33,35). The van der Waals surface area contributed by atoms with E-state index in [9.17, 15) is 17.6 Å². The molecule has 1 aliphatic rings. The maximum Gasteiger partial charge on any atom is 0.416 e. The Morgan fingerprint density at radius 3 is 2.47 bits per heavy atom. The lowest BCUT2D eigenvalue weighted by Gasteiger charge is -2.36. The van der Waals surface area contributed by atoms with E-state index in [0.29, 0.717) is 11.3 Å². The lowest BCUT2D eigenvalue weighted by molar-refractivity contribution is -0.137. The van der Waals surface area contributed by atoms with Crippen LogP contribution in [0.1, 0.15) is 42.4 Å². The molecule has 0 radical (unpaired) electrons.